The number of nitro benzene ring substituents is 1. The van der Waals surface area contributed by atoms with Crippen molar-refractivity contribution < 1.29 is 9.72 Å². The van der Waals surface area contributed by atoms with Crippen molar-refractivity contribution in [3.63, 3.8) is 0 Å². The molecule has 0 aliphatic heterocycles. The molecule has 0 bridgehead atoms. The number of carbonyl (C=O) groups excluding carboxylic acids is 1. The molecule has 0 spiro atoms. The molecular formula is C17H19N5O3S. The molecule has 2 fully saturated rings. The Morgan fingerprint density at radius 1 is 1.35 bits per heavy atom. The maximum absolute atomic E-state index is 12.2. The summed E-state index contributed by atoms with van der Waals surface area (Å²) in [6, 6.07) is 5.16. The summed E-state index contributed by atoms with van der Waals surface area (Å²) >= 11 is 1.37. The highest BCUT2D eigenvalue weighted by Gasteiger charge is 2.36. The number of thioether (sulfide) groups is 1. The lowest BCUT2D eigenvalue weighted by Gasteiger charge is -2.08. The Bertz CT molecular complexity index is 873. The zero-order chi connectivity index (χ0) is 18.3. The summed E-state index contributed by atoms with van der Waals surface area (Å²) in [6.07, 6.45) is 4.62. The molecule has 1 amide bonds. The number of hydrogen-bond acceptors (Lipinski definition) is 6. The van der Waals surface area contributed by atoms with Crippen LogP contribution in [-0.2, 0) is 4.79 Å². The molecule has 0 unspecified atom stereocenters. The molecule has 8 nitrogen and oxygen atoms in total. The van der Waals surface area contributed by atoms with Crippen LogP contribution in [0.5, 0.6) is 0 Å². The van der Waals surface area contributed by atoms with Gasteiger partial charge in [0, 0.05) is 29.3 Å². The van der Waals surface area contributed by atoms with Crippen LogP contribution in [-0.4, -0.2) is 31.3 Å². The first-order chi connectivity index (χ1) is 12.5. The Balaban J connectivity index is 1.40. The number of aromatic nitrogens is 3. The Kier molecular flexibility index (Phi) is 4.39. The molecule has 1 heterocycles. The topological polar surface area (TPSA) is 103 Å². The van der Waals surface area contributed by atoms with Gasteiger partial charge in [-0.15, -0.1) is 10.2 Å². The number of carbonyl (C=O) groups is 1. The number of hydrogen-bond donors (Lipinski definition) is 1. The van der Waals surface area contributed by atoms with Crippen molar-refractivity contribution in [3.05, 3.63) is 39.7 Å². The van der Waals surface area contributed by atoms with E-state index in [-0.39, 0.29) is 17.3 Å². The largest absolute Gasteiger partial charge is 0.325 e. The highest BCUT2D eigenvalue weighted by molar-refractivity contribution is 7.99. The lowest BCUT2D eigenvalue weighted by Crippen LogP contribution is -2.15. The molecule has 1 aromatic heterocycles. The lowest BCUT2D eigenvalue weighted by molar-refractivity contribution is -0.385. The van der Waals surface area contributed by atoms with E-state index in [1.807, 2.05) is 0 Å². The zero-order valence-corrected chi connectivity index (χ0v) is 15.2. The van der Waals surface area contributed by atoms with Crippen LogP contribution in [0, 0.1) is 17.0 Å². The summed E-state index contributed by atoms with van der Waals surface area (Å²) in [7, 11) is 0. The molecule has 0 atom stereocenters. The lowest BCUT2D eigenvalue weighted by atomic mass is 10.2. The maximum Gasteiger partial charge on any atom is 0.274 e. The van der Waals surface area contributed by atoms with Gasteiger partial charge in [-0.3, -0.25) is 14.9 Å². The highest BCUT2D eigenvalue weighted by atomic mass is 32.2. The molecule has 2 aromatic rings. The smallest absolute Gasteiger partial charge is 0.274 e. The number of amides is 1. The van der Waals surface area contributed by atoms with Crippen molar-refractivity contribution in [1.82, 2.24) is 14.8 Å². The summed E-state index contributed by atoms with van der Waals surface area (Å²) in [5, 5.41) is 23.1. The minimum Gasteiger partial charge on any atom is -0.325 e. The zero-order valence-electron chi connectivity index (χ0n) is 14.3. The molecular weight excluding hydrogens is 354 g/mol. The molecule has 26 heavy (non-hydrogen) atoms. The molecule has 2 saturated carbocycles. The normalized spacial score (nSPS) is 16.5. The van der Waals surface area contributed by atoms with E-state index in [9.17, 15) is 14.9 Å². The molecule has 0 saturated heterocycles. The van der Waals surface area contributed by atoms with Crippen molar-refractivity contribution >= 4 is 29.0 Å². The average Bonchev–Trinajstić information content (AvgIpc) is 3.53. The number of nitrogens with zero attached hydrogens (tertiary/aromatic N) is 4. The van der Waals surface area contributed by atoms with E-state index in [0.717, 1.165) is 23.8 Å². The quantitative estimate of drug-likeness (QED) is 0.453. The van der Waals surface area contributed by atoms with Gasteiger partial charge < -0.3 is 9.88 Å². The van der Waals surface area contributed by atoms with Gasteiger partial charge in [0.05, 0.1) is 10.7 Å². The number of nitro groups is 1. The van der Waals surface area contributed by atoms with Crippen LogP contribution in [0.3, 0.4) is 0 Å². The fourth-order valence-electron chi connectivity index (χ4n) is 2.89. The number of rotatable bonds is 7. The van der Waals surface area contributed by atoms with Crippen molar-refractivity contribution in [2.24, 2.45) is 0 Å². The summed E-state index contributed by atoms with van der Waals surface area (Å²) in [5.41, 5.74) is 0.987. The monoisotopic (exact) mass is 373 g/mol. The standard InChI is InChI=1S/C17H19N5O3S/c1-10-2-5-12(8-14(10)22(24)25)18-15(23)9-26-17-20-19-16(11-3-4-11)21(17)13-6-7-13/h2,5,8,11,13H,3-4,6-7,9H2,1H3,(H,18,23). The third-order valence-corrected chi connectivity index (χ3v) is 5.51. The predicted molar refractivity (Wildman–Crippen MR) is 97.5 cm³/mol. The molecule has 0 radical (unpaired) electrons. The first-order valence-corrected chi connectivity index (χ1v) is 9.64. The van der Waals surface area contributed by atoms with Gasteiger partial charge in [0.15, 0.2) is 5.16 Å². The second-order valence-electron chi connectivity index (χ2n) is 6.81. The Morgan fingerprint density at radius 3 is 2.77 bits per heavy atom. The molecule has 136 valence electrons. The maximum atomic E-state index is 12.2. The number of anilines is 1. The first kappa shape index (κ1) is 17.0. The van der Waals surface area contributed by atoms with E-state index in [1.165, 1.54) is 30.7 Å². The summed E-state index contributed by atoms with van der Waals surface area (Å²) in [4.78, 5) is 22.8. The number of aryl methyl sites for hydroxylation is 1. The fraction of sp³-hybridized carbons (Fsp3) is 0.471. The molecule has 2 aliphatic carbocycles. The summed E-state index contributed by atoms with van der Waals surface area (Å²) in [6.45, 7) is 1.67. The van der Waals surface area contributed by atoms with Gasteiger partial charge in [-0.1, -0.05) is 17.8 Å². The molecule has 4 rings (SSSR count). The van der Waals surface area contributed by atoms with Crippen LogP contribution in [0.2, 0.25) is 0 Å². The van der Waals surface area contributed by atoms with Crippen molar-refractivity contribution in [2.45, 2.75) is 49.7 Å². The molecule has 1 N–H and O–H groups in total. The SMILES string of the molecule is Cc1ccc(NC(=O)CSc2nnc(C3CC3)n2C2CC2)cc1[N+](=O)[O-]. The molecule has 2 aliphatic rings. The first-order valence-electron chi connectivity index (χ1n) is 8.65. The van der Waals surface area contributed by atoms with Crippen LogP contribution >= 0.6 is 11.8 Å². The second-order valence-corrected chi connectivity index (χ2v) is 7.75. The van der Waals surface area contributed by atoms with Crippen LogP contribution in [0.1, 0.15) is 49.0 Å². The minimum absolute atomic E-state index is 0.00185. The van der Waals surface area contributed by atoms with E-state index >= 15 is 0 Å². The van der Waals surface area contributed by atoms with Crippen molar-refractivity contribution in [1.29, 1.82) is 0 Å². The van der Waals surface area contributed by atoms with E-state index in [4.69, 9.17) is 0 Å². The predicted octanol–water partition coefficient (Wildman–Crippen LogP) is 3.44. The Labute approximate surface area is 154 Å². The van der Waals surface area contributed by atoms with Crippen LogP contribution in [0.4, 0.5) is 11.4 Å². The Morgan fingerprint density at radius 2 is 2.12 bits per heavy atom. The summed E-state index contributed by atoms with van der Waals surface area (Å²) in [5.74, 6) is 1.56. The van der Waals surface area contributed by atoms with E-state index in [1.54, 1.807) is 19.1 Å². The number of benzene rings is 1. The highest BCUT2D eigenvalue weighted by Crippen LogP contribution is 2.45. The fourth-order valence-corrected chi connectivity index (χ4v) is 3.71. The molecule has 1 aromatic carbocycles. The van der Waals surface area contributed by atoms with E-state index in [2.05, 4.69) is 20.1 Å². The second kappa shape index (κ2) is 6.71. The molecule has 9 heteroatoms. The van der Waals surface area contributed by atoms with Crippen LogP contribution in [0.25, 0.3) is 0 Å². The third kappa shape index (κ3) is 3.57. The van der Waals surface area contributed by atoms with E-state index in [0.29, 0.717) is 23.2 Å². The summed E-state index contributed by atoms with van der Waals surface area (Å²) < 4.78 is 2.20. The third-order valence-electron chi connectivity index (χ3n) is 4.57. The number of nitrogens with one attached hydrogen (secondary N) is 1. The average molecular weight is 373 g/mol. The van der Waals surface area contributed by atoms with Gasteiger partial charge in [-0.05, 0) is 38.7 Å². The van der Waals surface area contributed by atoms with Gasteiger partial charge >= 0.3 is 0 Å². The van der Waals surface area contributed by atoms with Crippen molar-refractivity contribution in [2.75, 3.05) is 11.1 Å². The van der Waals surface area contributed by atoms with Gasteiger partial charge in [-0.25, -0.2) is 0 Å². The minimum atomic E-state index is -0.447. The van der Waals surface area contributed by atoms with Crippen molar-refractivity contribution in [3.8, 4) is 0 Å². The van der Waals surface area contributed by atoms with Gasteiger partial charge in [-0.2, -0.15) is 0 Å². The van der Waals surface area contributed by atoms with E-state index < -0.39 is 4.92 Å². The van der Waals surface area contributed by atoms with Gasteiger partial charge in [0.25, 0.3) is 5.69 Å². The van der Waals surface area contributed by atoms with Gasteiger partial charge in [0.2, 0.25) is 5.91 Å². The van der Waals surface area contributed by atoms with Crippen LogP contribution in [0.15, 0.2) is 23.4 Å². The van der Waals surface area contributed by atoms with Crippen LogP contribution < -0.4 is 5.32 Å². The Hall–Kier alpha value is -2.42. The van der Waals surface area contributed by atoms with Gasteiger partial charge in [0.1, 0.15) is 5.82 Å².